The Labute approximate surface area is 143 Å². The number of rotatable bonds is 4. The summed E-state index contributed by atoms with van der Waals surface area (Å²) in [5, 5.41) is 3.39. The van der Waals surface area contributed by atoms with Gasteiger partial charge in [-0.15, -0.1) is 0 Å². The number of imidazole rings is 1. The van der Waals surface area contributed by atoms with E-state index in [1.165, 1.54) is 11.5 Å². The molecule has 0 aliphatic carbocycles. The summed E-state index contributed by atoms with van der Waals surface area (Å²) in [4.78, 5) is 24.7. The molecule has 0 bridgehead atoms. The van der Waals surface area contributed by atoms with Crippen molar-refractivity contribution in [2.24, 2.45) is 0 Å². The van der Waals surface area contributed by atoms with E-state index in [1.807, 2.05) is 6.20 Å². The predicted octanol–water partition coefficient (Wildman–Crippen LogP) is 3.05. The van der Waals surface area contributed by atoms with Crippen LogP contribution in [0.3, 0.4) is 0 Å². The zero-order valence-corrected chi connectivity index (χ0v) is 14.4. The first kappa shape index (κ1) is 15.1. The largest absolute Gasteiger partial charge is 0.364 e. The summed E-state index contributed by atoms with van der Waals surface area (Å²) < 4.78 is 6.37. The molecule has 0 unspecified atom stereocenters. The second kappa shape index (κ2) is 5.86. The summed E-state index contributed by atoms with van der Waals surface area (Å²) in [5.74, 6) is 1.42. The van der Waals surface area contributed by atoms with E-state index in [4.69, 9.17) is 0 Å². The maximum atomic E-state index is 12.7. The Morgan fingerprint density at radius 2 is 2.42 bits per heavy atom. The molecular weight excluding hydrogens is 324 g/mol. The number of nitrogens with one attached hydrogen (secondary N) is 2. The molecule has 0 spiro atoms. The van der Waals surface area contributed by atoms with Crippen LogP contribution < -0.4 is 5.32 Å². The van der Waals surface area contributed by atoms with Crippen LogP contribution >= 0.6 is 11.5 Å². The minimum absolute atomic E-state index is 0.184. The summed E-state index contributed by atoms with van der Waals surface area (Å²) in [6.07, 6.45) is 8.14. The third-order valence-corrected chi connectivity index (χ3v) is 4.90. The van der Waals surface area contributed by atoms with Crippen molar-refractivity contribution in [2.75, 3.05) is 5.32 Å². The Hall–Kier alpha value is -2.48. The highest BCUT2D eigenvalue weighted by molar-refractivity contribution is 7.09. The van der Waals surface area contributed by atoms with Crippen molar-refractivity contribution >= 4 is 22.6 Å². The lowest BCUT2D eigenvalue weighted by atomic mass is 10.0. The highest BCUT2D eigenvalue weighted by Crippen LogP contribution is 2.35. The molecule has 0 fully saturated rings. The number of aromatic nitrogens is 5. The minimum atomic E-state index is -0.184. The van der Waals surface area contributed by atoms with Crippen molar-refractivity contribution in [3.63, 3.8) is 0 Å². The van der Waals surface area contributed by atoms with E-state index in [2.05, 4.69) is 43.1 Å². The molecule has 3 aromatic heterocycles. The summed E-state index contributed by atoms with van der Waals surface area (Å²) in [5.41, 5.74) is 2.53. The number of hydrogen-bond acceptors (Lipinski definition) is 5. The van der Waals surface area contributed by atoms with Gasteiger partial charge in [0.1, 0.15) is 11.6 Å². The summed E-state index contributed by atoms with van der Waals surface area (Å²) >= 11 is 1.22. The van der Waals surface area contributed by atoms with Crippen LogP contribution in [0.15, 0.2) is 18.6 Å². The molecule has 124 valence electrons. The number of fused-ring (bicyclic) bond motifs is 3. The number of aryl methyl sites for hydroxylation is 1. The summed E-state index contributed by atoms with van der Waals surface area (Å²) in [6.45, 7) is 4.22. The number of hydrogen-bond donors (Lipinski definition) is 2. The van der Waals surface area contributed by atoms with Crippen molar-refractivity contribution in [3.8, 4) is 11.4 Å². The molecule has 24 heavy (non-hydrogen) atoms. The lowest BCUT2D eigenvalue weighted by molar-refractivity contribution is 0.102. The van der Waals surface area contributed by atoms with Crippen molar-refractivity contribution in [3.05, 3.63) is 35.7 Å². The first-order chi connectivity index (χ1) is 11.7. The summed E-state index contributed by atoms with van der Waals surface area (Å²) in [6, 6.07) is 0.323. The molecule has 0 saturated heterocycles. The standard InChI is InChI=1S/C16H18N6OS/c1-3-4-12-19-16(24-21-12)20-15(23)10-8-18-11-7-9(2)22-6-5-17-14(22)13(10)11/h5-6,8-9,18H,3-4,7H2,1-2H3,(H,19,20,21,23)/t9-/m1/s1. The molecule has 8 heteroatoms. The van der Waals surface area contributed by atoms with Gasteiger partial charge in [0.05, 0.1) is 11.1 Å². The zero-order chi connectivity index (χ0) is 16.7. The van der Waals surface area contributed by atoms with Crippen LogP contribution in [0.5, 0.6) is 0 Å². The topological polar surface area (TPSA) is 88.5 Å². The molecule has 1 aliphatic rings. The van der Waals surface area contributed by atoms with Gasteiger partial charge in [-0.25, -0.2) is 9.97 Å². The third-order valence-electron chi connectivity index (χ3n) is 4.24. The van der Waals surface area contributed by atoms with Gasteiger partial charge in [-0.1, -0.05) is 6.92 Å². The van der Waals surface area contributed by atoms with Crippen LogP contribution in [0.4, 0.5) is 5.13 Å². The average Bonchev–Trinajstić information content (AvgIpc) is 3.25. The van der Waals surface area contributed by atoms with Gasteiger partial charge < -0.3 is 9.55 Å². The molecule has 1 aliphatic heterocycles. The lowest BCUT2D eigenvalue weighted by Crippen LogP contribution is -2.18. The molecule has 0 saturated carbocycles. The van der Waals surface area contributed by atoms with Crippen LogP contribution in [0.25, 0.3) is 11.4 Å². The van der Waals surface area contributed by atoms with Crippen LogP contribution in [-0.4, -0.2) is 29.8 Å². The van der Waals surface area contributed by atoms with Gasteiger partial charge in [0.2, 0.25) is 5.13 Å². The number of amides is 1. The fraction of sp³-hybridized carbons (Fsp3) is 0.375. The van der Waals surface area contributed by atoms with Crippen LogP contribution in [0, 0.1) is 0 Å². The molecule has 1 amide bonds. The summed E-state index contributed by atoms with van der Waals surface area (Å²) in [7, 11) is 0. The average molecular weight is 342 g/mol. The van der Waals surface area contributed by atoms with E-state index in [1.54, 1.807) is 12.4 Å². The van der Waals surface area contributed by atoms with E-state index >= 15 is 0 Å². The first-order valence-corrected chi connectivity index (χ1v) is 8.82. The number of carbonyl (C=O) groups is 1. The number of H-pyrrole nitrogens is 1. The number of aromatic amines is 1. The van der Waals surface area contributed by atoms with E-state index < -0.39 is 0 Å². The van der Waals surface area contributed by atoms with Crippen LogP contribution in [0.1, 0.15) is 48.2 Å². The highest BCUT2D eigenvalue weighted by Gasteiger charge is 2.28. The van der Waals surface area contributed by atoms with Crippen molar-refractivity contribution in [1.29, 1.82) is 0 Å². The van der Waals surface area contributed by atoms with Gasteiger partial charge in [-0.05, 0) is 13.3 Å². The molecule has 1 atom stereocenters. The van der Waals surface area contributed by atoms with Crippen molar-refractivity contribution < 1.29 is 4.79 Å². The Kier molecular flexibility index (Phi) is 3.68. The van der Waals surface area contributed by atoms with Gasteiger partial charge in [0, 0.05) is 54.7 Å². The Morgan fingerprint density at radius 3 is 3.25 bits per heavy atom. The van der Waals surface area contributed by atoms with Crippen LogP contribution in [-0.2, 0) is 12.8 Å². The Morgan fingerprint density at radius 1 is 1.54 bits per heavy atom. The first-order valence-electron chi connectivity index (χ1n) is 8.04. The van der Waals surface area contributed by atoms with Gasteiger partial charge in [-0.2, -0.15) is 4.37 Å². The third kappa shape index (κ3) is 2.43. The molecule has 0 aromatic carbocycles. The SMILES string of the molecule is CCCc1nsc(NC(=O)c2c[nH]c3c2-c2nccn2[C@H](C)C3)n1. The highest BCUT2D eigenvalue weighted by atomic mass is 32.1. The lowest BCUT2D eigenvalue weighted by Gasteiger charge is -2.22. The number of anilines is 1. The number of nitrogens with zero attached hydrogens (tertiary/aromatic N) is 4. The van der Waals surface area contributed by atoms with E-state index in [-0.39, 0.29) is 5.91 Å². The van der Waals surface area contributed by atoms with E-state index in [0.717, 1.165) is 42.2 Å². The van der Waals surface area contributed by atoms with Gasteiger partial charge >= 0.3 is 0 Å². The predicted molar refractivity (Wildman–Crippen MR) is 92.3 cm³/mol. The minimum Gasteiger partial charge on any atom is -0.364 e. The second-order valence-corrected chi connectivity index (χ2v) is 6.74. The van der Waals surface area contributed by atoms with Crippen LogP contribution in [0.2, 0.25) is 0 Å². The fourth-order valence-electron chi connectivity index (χ4n) is 3.11. The molecule has 0 radical (unpaired) electrons. The van der Waals surface area contributed by atoms with E-state index in [9.17, 15) is 4.79 Å². The zero-order valence-electron chi connectivity index (χ0n) is 13.5. The van der Waals surface area contributed by atoms with Gasteiger partial charge in [-0.3, -0.25) is 10.1 Å². The molecular formula is C16H18N6OS. The molecule has 7 nitrogen and oxygen atoms in total. The quantitative estimate of drug-likeness (QED) is 0.763. The second-order valence-electron chi connectivity index (χ2n) is 5.99. The normalized spacial score (nSPS) is 15.8. The molecule has 4 heterocycles. The van der Waals surface area contributed by atoms with Crippen molar-refractivity contribution in [1.82, 2.24) is 23.9 Å². The number of carbonyl (C=O) groups excluding carboxylic acids is 1. The Bertz CT molecular complexity index is 892. The maximum absolute atomic E-state index is 12.7. The molecule has 4 rings (SSSR count). The smallest absolute Gasteiger partial charge is 0.259 e. The van der Waals surface area contributed by atoms with E-state index in [0.29, 0.717) is 16.7 Å². The van der Waals surface area contributed by atoms with Gasteiger partial charge in [0.25, 0.3) is 5.91 Å². The van der Waals surface area contributed by atoms with Gasteiger partial charge in [0.15, 0.2) is 0 Å². The monoisotopic (exact) mass is 342 g/mol. The molecule has 2 N–H and O–H groups in total. The Balaban J connectivity index is 1.63. The fourth-order valence-corrected chi connectivity index (χ4v) is 3.72. The maximum Gasteiger partial charge on any atom is 0.259 e. The molecule has 3 aromatic rings. The van der Waals surface area contributed by atoms with Crippen molar-refractivity contribution in [2.45, 2.75) is 39.2 Å².